The summed E-state index contributed by atoms with van der Waals surface area (Å²) in [5.41, 5.74) is 4.30. The lowest BCUT2D eigenvalue weighted by molar-refractivity contribution is 0.445. The number of benzene rings is 3. The van der Waals surface area contributed by atoms with Gasteiger partial charge < -0.3 is 4.98 Å². The van der Waals surface area contributed by atoms with Crippen LogP contribution in [0.3, 0.4) is 0 Å². The van der Waals surface area contributed by atoms with E-state index in [0.717, 1.165) is 28.6 Å². The molecule has 5 heteroatoms. The molecule has 0 saturated heterocycles. The van der Waals surface area contributed by atoms with E-state index in [4.69, 9.17) is 0 Å². The highest BCUT2D eigenvalue weighted by atomic mass is 19.2. The average molecular weight is 458 g/mol. The molecule has 0 aliphatic heterocycles. The van der Waals surface area contributed by atoms with Crippen LogP contribution < -0.4 is 0 Å². The summed E-state index contributed by atoms with van der Waals surface area (Å²) in [6.07, 6.45) is 3.56. The van der Waals surface area contributed by atoms with Crippen molar-refractivity contribution in [2.75, 3.05) is 0 Å². The molecule has 33 heavy (non-hydrogen) atoms. The molecule has 0 aliphatic rings. The number of H-pyrrole nitrogens is 1. The molecule has 0 amide bonds. The van der Waals surface area contributed by atoms with E-state index < -0.39 is 17.5 Å². The van der Waals surface area contributed by atoms with Crippen LogP contribution in [-0.4, -0.2) is 4.98 Å². The number of rotatable bonds is 3. The monoisotopic (exact) mass is 457 g/mol. The van der Waals surface area contributed by atoms with E-state index in [9.17, 15) is 17.6 Å². The van der Waals surface area contributed by atoms with Crippen molar-refractivity contribution >= 4 is 10.9 Å². The lowest BCUT2D eigenvalue weighted by Gasteiger charge is -2.22. The number of aromatic amines is 1. The molecule has 1 N–H and O–H groups in total. The van der Waals surface area contributed by atoms with Crippen molar-refractivity contribution in [3.63, 3.8) is 0 Å². The first-order chi connectivity index (χ1) is 15.6. The van der Waals surface area contributed by atoms with Gasteiger partial charge in [-0.05, 0) is 72.2 Å². The highest BCUT2D eigenvalue weighted by molar-refractivity contribution is 5.82. The molecule has 0 fully saturated rings. The first-order valence-electron chi connectivity index (χ1n) is 11.0. The van der Waals surface area contributed by atoms with Crippen LogP contribution in [0.2, 0.25) is 0 Å². The quantitative estimate of drug-likeness (QED) is 0.234. The van der Waals surface area contributed by atoms with E-state index in [-0.39, 0.29) is 5.82 Å². The Labute approximate surface area is 193 Å². The van der Waals surface area contributed by atoms with Gasteiger partial charge in [-0.3, -0.25) is 0 Å². The second-order valence-electron chi connectivity index (χ2n) is 8.49. The Hall–Kier alpha value is -3.08. The summed E-state index contributed by atoms with van der Waals surface area (Å²) in [6, 6.07) is 17.4. The predicted octanol–water partition coefficient (Wildman–Crippen LogP) is 8.66. The molecule has 0 aliphatic carbocycles. The van der Waals surface area contributed by atoms with Crippen molar-refractivity contribution in [2.45, 2.75) is 52.9 Å². The molecule has 1 heterocycles. The Morgan fingerprint density at radius 1 is 0.818 bits per heavy atom. The van der Waals surface area contributed by atoms with Gasteiger partial charge in [0, 0.05) is 17.1 Å². The molecule has 1 nitrogen and oxygen atoms in total. The van der Waals surface area contributed by atoms with Crippen LogP contribution in [0, 0.1) is 30.2 Å². The van der Waals surface area contributed by atoms with Crippen molar-refractivity contribution in [3.05, 3.63) is 107 Å². The van der Waals surface area contributed by atoms with Gasteiger partial charge in [0.05, 0.1) is 0 Å². The normalized spacial score (nSPS) is 10.8. The molecule has 4 rings (SSSR count). The number of halogens is 4. The van der Waals surface area contributed by atoms with Gasteiger partial charge in [0.1, 0.15) is 5.82 Å². The lowest BCUT2D eigenvalue weighted by Crippen LogP contribution is -2.14. The fourth-order valence-electron chi connectivity index (χ4n) is 3.14. The minimum Gasteiger partial charge on any atom is -0.361 e. The van der Waals surface area contributed by atoms with Gasteiger partial charge in [0.15, 0.2) is 17.5 Å². The topological polar surface area (TPSA) is 15.8 Å². The molecule has 1 aromatic heterocycles. The molecular formula is C28H31F4N. The second-order valence-corrected chi connectivity index (χ2v) is 8.49. The third-order valence-corrected chi connectivity index (χ3v) is 5.74. The van der Waals surface area contributed by atoms with Gasteiger partial charge >= 0.3 is 0 Å². The molecule has 176 valence electrons. The summed E-state index contributed by atoms with van der Waals surface area (Å²) in [5.74, 6) is -3.83. The van der Waals surface area contributed by atoms with E-state index >= 15 is 0 Å². The Morgan fingerprint density at radius 3 is 1.97 bits per heavy atom. The third-order valence-electron chi connectivity index (χ3n) is 5.74. The molecule has 0 bridgehead atoms. The van der Waals surface area contributed by atoms with E-state index in [1.54, 1.807) is 19.1 Å². The van der Waals surface area contributed by atoms with Gasteiger partial charge in [-0.2, -0.15) is 0 Å². The average Bonchev–Trinajstić information content (AvgIpc) is 3.18. The number of aromatic nitrogens is 1. The summed E-state index contributed by atoms with van der Waals surface area (Å²) in [7, 11) is 0. The molecule has 0 spiro atoms. The molecule has 0 atom stereocenters. The van der Waals surface area contributed by atoms with Gasteiger partial charge in [-0.1, -0.05) is 58.0 Å². The van der Waals surface area contributed by atoms with Gasteiger partial charge in [-0.15, -0.1) is 0 Å². The predicted molar refractivity (Wildman–Crippen MR) is 128 cm³/mol. The third kappa shape index (κ3) is 7.21. The van der Waals surface area contributed by atoms with Crippen molar-refractivity contribution in [1.29, 1.82) is 0 Å². The smallest absolute Gasteiger partial charge is 0.194 e. The zero-order valence-electron chi connectivity index (χ0n) is 19.8. The zero-order valence-corrected chi connectivity index (χ0v) is 19.8. The number of aryl methyl sites for hydroxylation is 2. The fourth-order valence-corrected chi connectivity index (χ4v) is 3.14. The minimum atomic E-state index is -1.40. The van der Waals surface area contributed by atoms with Crippen LogP contribution in [0.5, 0.6) is 0 Å². The van der Waals surface area contributed by atoms with Crippen molar-refractivity contribution < 1.29 is 17.6 Å². The SMILES string of the molecule is CCC(C)(C)c1ccccc1.CCc1cc(F)c(F)c(F)c1.Cc1c[nH]c2ccc(F)cc12. The Bertz CT molecular complexity index is 1140. The lowest BCUT2D eigenvalue weighted by atomic mass is 9.82. The number of hydrogen-bond donors (Lipinski definition) is 1. The van der Waals surface area contributed by atoms with Crippen LogP contribution in [0.4, 0.5) is 17.6 Å². The molecular weight excluding hydrogens is 426 g/mol. The van der Waals surface area contributed by atoms with E-state index in [1.807, 2.05) is 13.1 Å². The summed E-state index contributed by atoms with van der Waals surface area (Å²) >= 11 is 0. The van der Waals surface area contributed by atoms with E-state index in [0.29, 0.717) is 17.4 Å². The summed E-state index contributed by atoms with van der Waals surface area (Å²) in [4.78, 5) is 3.05. The molecule has 4 aromatic rings. The molecule has 0 unspecified atom stereocenters. The maximum atomic E-state index is 12.7. The summed E-state index contributed by atoms with van der Waals surface area (Å²) < 4.78 is 49.8. The number of nitrogens with one attached hydrogen (secondary N) is 1. The summed E-state index contributed by atoms with van der Waals surface area (Å²) in [5, 5.41) is 0.963. The van der Waals surface area contributed by atoms with Crippen LogP contribution in [-0.2, 0) is 11.8 Å². The molecule has 0 radical (unpaired) electrons. The van der Waals surface area contributed by atoms with Crippen LogP contribution in [0.15, 0.2) is 66.9 Å². The number of fused-ring (bicyclic) bond motifs is 1. The van der Waals surface area contributed by atoms with Crippen molar-refractivity contribution in [2.24, 2.45) is 0 Å². The molecule has 0 saturated carbocycles. The van der Waals surface area contributed by atoms with E-state index in [2.05, 4.69) is 56.1 Å². The maximum Gasteiger partial charge on any atom is 0.194 e. The minimum absolute atomic E-state index is 0.180. The molecule has 3 aromatic carbocycles. The Balaban J connectivity index is 0.000000175. The maximum absolute atomic E-state index is 12.7. The van der Waals surface area contributed by atoms with Gasteiger partial charge in [0.25, 0.3) is 0 Å². The van der Waals surface area contributed by atoms with Gasteiger partial charge in [-0.25, -0.2) is 17.6 Å². The van der Waals surface area contributed by atoms with Crippen LogP contribution in [0.1, 0.15) is 50.8 Å². The Morgan fingerprint density at radius 2 is 1.42 bits per heavy atom. The van der Waals surface area contributed by atoms with Gasteiger partial charge in [0.2, 0.25) is 0 Å². The number of hydrogen-bond acceptors (Lipinski definition) is 0. The highest BCUT2D eigenvalue weighted by Gasteiger charge is 2.16. The first-order valence-corrected chi connectivity index (χ1v) is 11.0. The van der Waals surface area contributed by atoms with E-state index in [1.165, 1.54) is 18.1 Å². The highest BCUT2D eigenvalue weighted by Crippen LogP contribution is 2.25. The second kappa shape index (κ2) is 11.7. The zero-order chi connectivity index (χ0) is 24.6. The largest absolute Gasteiger partial charge is 0.361 e. The first kappa shape index (κ1) is 26.2. The van der Waals surface area contributed by atoms with Crippen LogP contribution >= 0.6 is 0 Å². The summed E-state index contributed by atoms with van der Waals surface area (Å²) in [6.45, 7) is 10.5. The fraction of sp³-hybridized carbons (Fsp3) is 0.286. The standard InChI is InChI=1S/C11H16.C9H8FN.C8H7F3/c1-4-11(2,3)10-8-6-5-7-9-10;1-6-5-11-9-3-2-7(10)4-8(6)9;1-2-5-3-6(9)8(11)7(10)4-5/h5-9H,4H2,1-3H3;2-5,11H,1H3;3-4H,2H2,1H3. The van der Waals surface area contributed by atoms with Crippen molar-refractivity contribution in [1.82, 2.24) is 4.98 Å². The van der Waals surface area contributed by atoms with Crippen molar-refractivity contribution in [3.8, 4) is 0 Å². The van der Waals surface area contributed by atoms with Crippen LogP contribution in [0.25, 0.3) is 10.9 Å². The Kier molecular flexibility index (Phi) is 9.27.